The number of halogens is 1. The summed E-state index contributed by atoms with van der Waals surface area (Å²) in [6.07, 6.45) is 4.81. The van der Waals surface area contributed by atoms with Gasteiger partial charge in [-0.15, -0.1) is 12.4 Å². The van der Waals surface area contributed by atoms with Gasteiger partial charge in [0.1, 0.15) is 0 Å². The molecule has 2 aromatic rings. The summed E-state index contributed by atoms with van der Waals surface area (Å²) >= 11 is 0. The maximum atomic E-state index is 11.8. The Labute approximate surface area is 138 Å². The van der Waals surface area contributed by atoms with E-state index in [1.807, 2.05) is 12.1 Å². The molecule has 0 unspecified atom stereocenters. The number of carbonyl (C=O) groups is 1. The largest absolute Gasteiger partial charge is 0.352 e. The van der Waals surface area contributed by atoms with Crippen LogP contribution < -0.4 is 11.1 Å². The molecule has 0 radical (unpaired) electrons. The minimum absolute atomic E-state index is 0. The molecule has 2 rings (SSSR count). The summed E-state index contributed by atoms with van der Waals surface area (Å²) in [5, 5.41) is 5.43. The molecule has 22 heavy (non-hydrogen) atoms. The van der Waals surface area contributed by atoms with Crippen molar-refractivity contribution in [1.29, 1.82) is 0 Å². The second kappa shape index (κ2) is 10.2. The molecular weight excluding hydrogens is 296 g/mol. The van der Waals surface area contributed by atoms with Crippen LogP contribution in [0.2, 0.25) is 0 Å². The Balaban J connectivity index is 0.00000242. The van der Waals surface area contributed by atoms with Crippen molar-refractivity contribution >= 4 is 29.1 Å². The van der Waals surface area contributed by atoms with Crippen molar-refractivity contribution in [1.82, 2.24) is 5.32 Å². The van der Waals surface area contributed by atoms with Crippen molar-refractivity contribution in [3.05, 3.63) is 48.0 Å². The second-order valence-electron chi connectivity index (χ2n) is 5.41. The number of nitrogens with one attached hydrogen (secondary N) is 1. The van der Waals surface area contributed by atoms with Crippen LogP contribution in [0.5, 0.6) is 0 Å². The fourth-order valence-corrected chi connectivity index (χ4v) is 2.42. The summed E-state index contributed by atoms with van der Waals surface area (Å²) in [7, 11) is 0. The highest BCUT2D eigenvalue weighted by Gasteiger charge is 2.02. The van der Waals surface area contributed by atoms with Gasteiger partial charge in [0, 0.05) is 13.0 Å². The number of benzene rings is 2. The Morgan fingerprint density at radius 1 is 0.955 bits per heavy atom. The normalized spacial score (nSPS) is 10.2. The van der Waals surface area contributed by atoms with E-state index >= 15 is 0 Å². The van der Waals surface area contributed by atoms with Gasteiger partial charge in [0.05, 0.1) is 0 Å². The highest BCUT2D eigenvalue weighted by Crippen LogP contribution is 2.15. The number of carbonyl (C=O) groups excluding carboxylic acids is 1. The molecule has 0 aliphatic heterocycles. The summed E-state index contributed by atoms with van der Waals surface area (Å²) < 4.78 is 0. The summed E-state index contributed by atoms with van der Waals surface area (Å²) in [5.41, 5.74) is 6.59. The highest BCUT2D eigenvalue weighted by atomic mass is 35.5. The highest BCUT2D eigenvalue weighted by molar-refractivity contribution is 5.85. The topological polar surface area (TPSA) is 55.1 Å². The van der Waals surface area contributed by atoms with E-state index in [1.54, 1.807) is 0 Å². The molecule has 0 saturated heterocycles. The van der Waals surface area contributed by atoms with Crippen LogP contribution >= 0.6 is 12.4 Å². The Bertz CT molecular complexity index is 586. The van der Waals surface area contributed by atoms with E-state index in [9.17, 15) is 4.79 Å². The van der Waals surface area contributed by atoms with Gasteiger partial charge in [-0.05, 0) is 41.8 Å². The quantitative estimate of drug-likeness (QED) is 0.727. The van der Waals surface area contributed by atoms with Gasteiger partial charge < -0.3 is 11.1 Å². The van der Waals surface area contributed by atoms with E-state index < -0.39 is 0 Å². The molecule has 2 aromatic carbocycles. The van der Waals surface area contributed by atoms with Crippen LogP contribution in [0.4, 0.5) is 0 Å². The smallest absolute Gasteiger partial charge is 0.220 e. The fourth-order valence-electron chi connectivity index (χ4n) is 2.42. The molecule has 0 aliphatic rings. The van der Waals surface area contributed by atoms with Crippen molar-refractivity contribution in [3.63, 3.8) is 0 Å². The van der Waals surface area contributed by atoms with Gasteiger partial charge in [-0.3, -0.25) is 4.79 Å². The molecule has 0 saturated carbocycles. The zero-order valence-corrected chi connectivity index (χ0v) is 13.7. The van der Waals surface area contributed by atoms with Gasteiger partial charge in [0.15, 0.2) is 0 Å². The van der Waals surface area contributed by atoms with Crippen LogP contribution in [-0.2, 0) is 11.3 Å². The average Bonchev–Trinajstić information content (AvgIpc) is 2.52. The number of nitrogens with two attached hydrogens (primary N) is 1. The van der Waals surface area contributed by atoms with Gasteiger partial charge in [0.25, 0.3) is 0 Å². The first kappa shape index (κ1) is 18.5. The average molecular weight is 321 g/mol. The lowest BCUT2D eigenvalue weighted by atomic mass is 10.1. The Morgan fingerprint density at radius 3 is 2.45 bits per heavy atom. The first-order valence-electron chi connectivity index (χ1n) is 7.74. The summed E-state index contributed by atoms with van der Waals surface area (Å²) in [5.74, 6) is 0.135. The third kappa shape index (κ3) is 6.04. The molecule has 0 atom stereocenters. The van der Waals surface area contributed by atoms with E-state index in [2.05, 4.69) is 35.6 Å². The summed E-state index contributed by atoms with van der Waals surface area (Å²) in [6.45, 7) is 1.35. The van der Waals surface area contributed by atoms with Crippen LogP contribution in [0.25, 0.3) is 10.8 Å². The van der Waals surface area contributed by atoms with Crippen LogP contribution in [0.1, 0.15) is 37.7 Å². The zero-order valence-electron chi connectivity index (χ0n) is 12.9. The maximum absolute atomic E-state index is 11.8. The molecule has 0 aliphatic carbocycles. The van der Waals surface area contributed by atoms with Crippen molar-refractivity contribution in [2.45, 2.75) is 38.6 Å². The van der Waals surface area contributed by atoms with E-state index in [0.717, 1.165) is 37.8 Å². The van der Waals surface area contributed by atoms with Gasteiger partial charge in [-0.25, -0.2) is 0 Å². The second-order valence-corrected chi connectivity index (χ2v) is 5.41. The number of amides is 1. The van der Waals surface area contributed by atoms with E-state index in [1.165, 1.54) is 10.8 Å². The van der Waals surface area contributed by atoms with Crippen LogP contribution in [0.15, 0.2) is 42.5 Å². The van der Waals surface area contributed by atoms with Gasteiger partial charge >= 0.3 is 0 Å². The Morgan fingerprint density at radius 2 is 1.68 bits per heavy atom. The third-order valence-electron chi connectivity index (χ3n) is 3.66. The van der Waals surface area contributed by atoms with Crippen molar-refractivity contribution in [2.24, 2.45) is 5.73 Å². The van der Waals surface area contributed by atoms with Crippen LogP contribution in [0.3, 0.4) is 0 Å². The Kier molecular flexibility index (Phi) is 8.56. The molecule has 0 aromatic heterocycles. The minimum atomic E-state index is 0. The van der Waals surface area contributed by atoms with Gasteiger partial charge in [-0.1, -0.05) is 49.2 Å². The number of fused-ring (bicyclic) bond motifs is 1. The molecular formula is C18H25ClN2O. The standard InChI is InChI=1S/C18H24N2O.ClH/c19-12-6-2-1-3-9-18(21)20-14-15-10-11-16-7-4-5-8-17(16)13-15;/h4-5,7-8,10-11,13H,1-3,6,9,12,14,19H2,(H,20,21);1H. The monoisotopic (exact) mass is 320 g/mol. The predicted octanol–water partition coefficient (Wildman–Crippen LogP) is 3.79. The molecule has 120 valence electrons. The molecule has 0 fully saturated rings. The van der Waals surface area contributed by atoms with Crippen molar-refractivity contribution in [2.75, 3.05) is 6.54 Å². The van der Waals surface area contributed by atoms with E-state index in [4.69, 9.17) is 5.73 Å². The van der Waals surface area contributed by atoms with Gasteiger partial charge in [-0.2, -0.15) is 0 Å². The van der Waals surface area contributed by atoms with Crippen LogP contribution in [-0.4, -0.2) is 12.5 Å². The van der Waals surface area contributed by atoms with E-state index in [-0.39, 0.29) is 18.3 Å². The van der Waals surface area contributed by atoms with E-state index in [0.29, 0.717) is 13.0 Å². The molecule has 3 N–H and O–H groups in total. The molecule has 0 spiro atoms. The maximum Gasteiger partial charge on any atom is 0.220 e. The zero-order chi connectivity index (χ0) is 14.9. The number of unbranched alkanes of at least 4 members (excludes halogenated alkanes) is 3. The molecule has 3 nitrogen and oxygen atoms in total. The lowest BCUT2D eigenvalue weighted by molar-refractivity contribution is -0.121. The predicted molar refractivity (Wildman–Crippen MR) is 95.2 cm³/mol. The number of hydrogen-bond donors (Lipinski definition) is 2. The number of hydrogen-bond acceptors (Lipinski definition) is 2. The Hall–Kier alpha value is -1.58. The van der Waals surface area contributed by atoms with Crippen molar-refractivity contribution in [3.8, 4) is 0 Å². The van der Waals surface area contributed by atoms with Crippen LogP contribution in [0, 0.1) is 0 Å². The lowest BCUT2D eigenvalue weighted by Crippen LogP contribution is -2.22. The SMILES string of the molecule is Cl.NCCCCCCC(=O)NCc1ccc2ccccc2c1. The number of rotatable bonds is 8. The summed E-state index contributed by atoms with van der Waals surface area (Å²) in [6, 6.07) is 14.6. The molecule has 4 heteroatoms. The lowest BCUT2D eigenvalue weighted by Gasteiger charge is -2.07. The molecule has 1 amide bonds. The first-order valence-corrected chi connectivity index (χ1v) is 7.74. The third-order valence-corrected chi connectivity index (χ3v) is 3.66. The molecule has 0 bridgehead atoms. The summed E-state index contributed by atoms with van der Waals surface area (Å²) in [4.78, 5) is 11.8. The molecule has 0 heterocycles. The fraction of sp³-hybridized carbons (Fsp3) is 0.389. The first-order chi connectivity index (χ1) is 10.3. The minimum Gasteiger partial charge on any atom is -0.352 e. The van der Waals surface area contributed by atoms with Gasteiger partial charge in [0.2, 0.25) is 5.91 Å². The van der Waals surface area contributed by atoms with Crippen molar-refractivity contribution < 1.29 is 4.79 Å².